The van der Waals surface area contributed by atoms with Crippen molar-refractivity contribution in [3.8, 4) is 23.1 Å². The van der Waals surface area contributed by atoms with Gasteiger partial charge in [0, 0.05) is 11.3 Å². The Morgan fingerprint density at radius 1 is 1.07 bits per heavy atom. The van der Waals surface area contributed by atoms with Crippen LogP contribution in [-0.4, -0.2) is 27.8 Å². The number of hydrogen-bond acceptors (Lipinski definition) is 5. The smallest absolute Gasteiger partial charge is 0.336 e. The molecule has 6 nitrogen and oxygen atoms in total. The summed E-state index contributed by atoms with van der Waals surface area (Å²) in [5.41, 5.74) is 3.65. The predicted octanol–water partition coefficient (Wildman–Crippen LogP) is 4.57. The fourth-order valence-corrected chi connectivity index (χ4v) is 3.35. The average Bonchev–Trinajstić information content (AvgIpc) is 3.39. The van der Waals surface area contributed by atoms with E-state index in [9.17, 15) is 4.79 Å². The minimum absolute atomic E-state index is 0.120. The van der Waals surface area contributed by atoms with Crippen molar-refractivity contribution in [3.63, 3.8) is 0 Å². The number of nitrogens with one attached hydrogen (secondary N) is 1. The largest absolute Gasteiger partial charge is 0.466 e. The highest BCUT2D eigenvalue weighted by Crippen LogP contribution is 2.25. The topological polar surface area (TPSA) is 69.0 Å². The molecule has 0 aliphatic rings. The zero-order valence-corrected chi connectivity index (χ0v) is 16.2. The molecule has 4 rings (SSSR count). The summed E-state index contributed by atoms with van der Waals surface area (Å²) in [5, 5.41) is 9.20. The van der Waals surface area contributed by atoms with Crippen LogP contribution in [0.15, 0.2) is 66.0 Å². The molecule has 2 aromatic heterocycles. The number of nitrogens with zero attached hydrogens (tertiary/aromatic N) is 3. The number of rotatable bonds is 5. The molecule has 140 valence electrons. The normalized spacial score (nSPS) is 10.6. The SMILES string of the molecule is COc1nc(-c2ccc(C)cc2)n(-c2ccc(NC(=O)c3cccs3)cc2)n1. The van der Waals surface area contributed by atoms with Crippen molar-refractivity contribution in [1.29, 1.82) is 0 Å². The number of thiophene rings is 1. The van der Waals surface area contributed by atoms with Gasteiger partial charge in [-0.05, 0) is 42.6 Å². The summed E-state index contributed by atoms with van der Waals surface area (Å²) in [4.78, 5) is 17.3. The Balaban J connectivity index is 1.63. The Morgan fingerprint density at radius 2 is 1.82 bits per heavy atom. The summed E-state index contributed by atoms with van der Waals surface area (Å²) >= 11 is 1.41. The highest BCUT2D eigenvalue weighted by molar-refractivity contribution is 7.12. The van der Waals surface area contributed by atoms with Gasteiger partial charge < -0.3 is 10.1 Å². The third kappa shape index (κ3) is 3.65. The molecule has 0 fully saturated rings. The van der Waals surface area contributed by atoms with E-state index < -0.39 is 0 Å². The zero-order chi connectivity index (χ0) is 19.5. The van der Waals surface area contributed by atoms with Crippen molar-refractivity contribution >= 4 is 22.9 Å². The lowest BCUT2D eigenvalue weighted by Gasteiger charge is -2.08. The van der Waals surface area contributed by atoms with Crippen LogP contribution >= 0.6 is 11.3 Å². The Labute approximate surface area is 166 Å². The number of aryl methyl sites for hydroxylation is 1. The third-order valence-electron chi connectivity index (χ3n) is 4.19. The zero-order valence-electron chi connectivity index (χ0n) is 15.4. The van der Waals surface area contributed by atoms with Gasteiger partial charge in [0.1, 0.15) is 0 Å². The second kappa shape index (κ2) is 7.66. The van der Waals surface area contributed by atoms with E-state index in [1.165, 1.54) is 16.9 Å². The summed E-state index contributed by atoms with van der Waals surface area (Å²) < 4.78 is 6.95. The van der Waals surface area contributed by atoms with Gasteiger partial charge in [-0.3, -0.25) is 4.79 Å². The third-order valence-corrected chi connectivity index (χ3v) is 5.06. The molecule has 1 N–H and O–H groups in total. The molecule has 4 aromatic rings. The first kappa shape index (κ1) is 17.9. The van der Waals surface area contributed by atoms with Crippen LogP contribution in [0, 0.1) is 6.92 Å². The number of aromatic nitrogens is 3. The van der Waals surface area contributed by atoms with E-state index in [1.54, 1.807) is 17.9 Å². The van der Waals surface area contributed by atoms with Gasteiger partial charge in [-0.2, -0.15) is 4.98 Å². The number of carbonyl (C=O) groups excluding carboxylic acids is 1. The van der Waals surface area contributed by atoms with E-state index in [0.29, 0.717) is 22.4 Å². The number of ether oxygens (including phenoxy) is 1. The minimum Gasteiger partial charge on any atom is -0.466 e. The maximum absolute atomic E-state index is 12.2. The average molecular weight is 390 g/mol. The van der Waals surface area contributed by atoms with Crippen LogP contribution in [0.4, 0.5) is 5.69 Å². The van der Waals surface area contributed by atoms with Crippen molar-refractivity contribution in [2.24, 2.45) is 0 Å². The van der Waals surface area contributed by atoms with Gasteiger partial charge in [-0.1, -0.05) is 35.9 Å². The Morgan fingerprint density at radius 3 is 2.46 bits per heavy atom. The predicted molar refractivity (Wildman–Crippen MR) is 110 cm³/mol. The van der Waals surface area contributed by atoms with Crippen LogP contribution < -0.4 is 10.1 Å². The van der Waals surface area contributed by atoms with Crippen molar-refractivity contribution in [3.05, 3.63) is 76.5 Å². The molecular formula is C21H18N4O2S. The van der Waals surface area contributed by atoms with Crippen molar-refractivity contribution < 1.29 is 9.53 Å². The van der Waals surface area contributed by atoms with E-state index in [0.717, 1.165) is 11.3 Å². The van der Waals surface area contributed by atoms with E-state index >= 15 is 0 Å². The summed E-state index contributed by atoms with van der Waals surface area (Å²) in [6.45, 7) is 2.04. The molecule has 0 aliphatic heterocycles. The van der Waals surface area contributed by atoms with Crippen LogP contribution in [0.2, 0.25) is 0 Å². The van der Waals surface area contributed by atoms with Crippen LogP contribution in [0.25, 0.3) is 17.1 Å². The molecule has 0 bridgehead atoms. The number of amides is 1. The molecule has 0 aliphatic carbocycles. The van der Waals surface area contributed by atoms with Gasteiger partial charge in [-0.25, -0.2) is 4.68 Å². The molecule has 0 spiro atoms. The summed E-state index contributed by atoms with van der Waals surface area (Å²) in [5.74, 6) is 0.567. The summed E-state index contributed by atoms with van der Waals surface area (Å²) in [6, 6.07) is 19.5. The number of hydrogen-bond donors (Lipinski definition) is 1. The lowest BCUT2D eigenvalue weighted by atomic mass is 10.1. The first-order valence-electron chi connectivity index (χ1n) is 8.67. The minimum atomic E-state index is -0.120. The van der Waals surface area contributed by atoms with Crippen molar-refractivity contribution in [2.75, 3.05) is 12.4 Å². The van der Waals surface area contributed by atoms with Crippen LogP contribution in [-0.2, 0) is 0 Å². The van der Waals surface area contributed by atoms with Crippen molar-refractivity contribution in [2.45, 2.75) is 6.92 Å². The number of anilines is 1. The monoisotopic (exact) mass is 390 g/mol. The van der Waals surface area contributed by atoms with Crippen LogP contribution in [0.1, 0.15) is 15.2 Å². The first-order valence-corrected chi connectivity index (χ1v) is 9.55. The molecule has 0 unspecified atom stereocenters. The Hall–Kier alpha value is -3.45. The van der Waals surface area contributed by atoms with E-state index in [4.69, 9.17) is 4.74 Å². The summed E-state index contributed by atoms with van der Waals surface area (Å²) in [6.07, 6.45) is 0. The van der Waals surface area contributed by atoms with Gasteiger partial charge >= 0.3 is 6.01 Å². The fraction of sp³-hybridized carbons (Fsp3) is 0.0952. The molecule has 1 amide bonds. The molecule has 28 heavy (non-hydrogen) atoms. The Bertz CT molecular complexity index is 1080. The second-order valence-electron chi connectivity index (χ2n) is 6.18. The van der Waals surface area contributed by atoms with E-state index in [1.807, 2.05) is 66.9 Å². The molecule has 2 heterocycles. The van der Waals surface area contributed by atoms with Crippen molar-refractivity contribution in [1.82, 2.24) is 14.8 Å². The lowest BCUT2D eigenvalue weighted by molar-refractivity contribution is 0.103. The standard InChI is InChI=1S/C21H18N4O2S/c1-14-5-7-15(8-6-14)19-23-21(27-2)24-25(19)17-11-9-16(10-12-17)22-20(26)18-4-3-13-28-18/h3-13H,1-2H3,(H,22,26). The highest BCUT2D eigenvalue weighted by atomic mass is 32.1. The molecule has 2 aromatic carbocycles. The lowest BCUT2D eigenvalue weighted by Crippen LogP contribution is -2.10. The molecule has 0 atom stereocenters. The van der Waals surface area contributed by atoms with Gasteiger partial charge in [0.25, 0.3) is 5.91 Å². The van der Waals surface area contributed by atoms with Gasteiger partial charge in [0.15, 0.2) is 5.82 Å². The number of methoxy groups -OCH3 is 1. The van der Waals surface area contributed by atoms with Gasteiger partial charge in [-0.15, -0.1) is 16.4 Å². The molecule has 0 saturated heterocycles. The van der Waals surface area contributed by atoms with Crippen LogP contribution in [0.5, 0.6) is 6.01 Å². The first-order chi connectivity index (χ1) is 13.6. The molecular weight excluding hydrogens is 372 g/mol. The number of carbonyl (C=O) groups is 1. The maximum atomic E-state index is 12.2. The maximum Gasteiger partial charge on any atom is 0.336 e. The summed E-state index contributed by atoms with van der Waals surface area (Å²) in [7, 11) is 1.54. The number of benzene rings is 2. The second-order valence-corrected chi connectivity index (χ2v) is 7.13. The quantitative estimate of drug-likeness (QED) is 0.542. The molecule has 0 saturated carbocycles. The molecule has 7 heteroatoms. The van der Waals surface area contributed by atoms with Gasteiger partial charge in [0.2, 0.25) is 0 Å². The fourth-order valence-electron chi connectivity index (χ4n) is 2.74. The van der Waals surface area contributed by atoms with E-state index in [2.05, 4.69) is 15.4 Å². The van der Waals surface area contributed by atoms with Gasteiger partial charge in [0.05, 0.1) is 17.7 Å². The highest BCUT2D eigenvalue weighted by Gasteiger charge is 2.14. The van der Waals surface area contributed by atoms with Crippen LogP contribution in [0.3, 0.4) is 0 Å². The Kier molecular flexibility index (Phi) is 4.90. The molecule has 0 radical (unpaired) electrons. The van der Waals surface area contributed by atoms with E-state index in [-0.39, 0.29) is 5.91 Å².